The molecule has 88 valence electrons. The molecule has 0 aliphatic rings. The fourth-order valence-electron chi connectivity index (χ4n) is 1.44. The Bertz CT molecular complexity index is 593. The second-order valence-corrected chi connectivity index (χ2v) is 3.43. The molecule has 2 aromatic rings. The number of hydrogen-bond donors (Lipinski definition) is 2. The van der Waals surface area contributed by atoms with Crippen molar-refractivity contribution in [2.75, 3.05) is 0 Å². The van der Waals surface area contributed by atoms with Gasteiger partial charge in [-0.25, -0.2) is 9.37 Å². The molecule has 0 amide bonds. The molecular formula is C11H10FN3O2. The molecule has 2 N–H and O–H groups in total. The third-order valence-corrected chi connectivity index (χ3v) is 2.32. The molecule has 17 heavy (non-hydrogen) atoms. The van der Waals surface area contributed by atoms with E-state index >= 15 is 0 Å². The number of aromatic hydroxyl groups is 1. The highest BCUT2D eigenvalue weighted by atomic mass is 19.1. The molecule has 5 nitrogen and oxygen atoms in total. The van der Waals surface area contributed by atoms with Crippen molar-refractivity contribution in [1.29, 1.82) is 0 Å². The van der Waals surface area contributed by atoms with Crippen LogP contribution in [0.5, 0.6) is 5.88 Å². The lowest BCUT2D eigenvalue weighted by Crippen LogP contribution is -2.14. The maximum absolute atomic E-state index is 12.7. The van der Waals surface area contributed by atoms with Gasteiger partial charge in [0.05, 0.1) is 11.8 Å². The Morgan fingerprint density at radius 1 is 1.47 bits per heavy atom. The van der Waals surface area contributed by atoms with Crippen LogP contribution in [0, 0.1) is 5.82 Å². The van der Waals surface area contributed by atoms with E-state index in [0.717, 1.165) is 6.20 Å². The molecule has 6 heteroatoms. The van der Waals surface area contributed by atoms with Crippen LogP contribution in [0.15, 0.2) is 23.1 Å². The Kier molecular flexibility index (Phi) is 2.86. The number of hydrogen-bond acceptors (Lipinski definition) is 4. The molecule has 0 unspecified atom stereocenters. The van der Waals surface area contributed by atoms with E-state index in [0.29, 0.717) is 12.1 Å². The molecule has 0 saturated carbocycles. The zero-order chi connectivity index (χ0) is 12.4. The summed E-state index contributed by atoms with van der Waals surface area (Å²) in [5.41, 5.74) is 0.0958. The lowest BCUT2D eigenvalue weighted by molar-refractivity contribution is 0.444. The summed E-state index contributed by atoms with van der Waals surface area (Å²) < 4.78 is 12.7. The van der Waals surface area contributed by atoms with Crippen molar-refractivity contribution < 1.29 is 9.50 Å². The summed E-state index contributed by atoms with van der Waals surface area (Å²) >= 11 is 0. The largest absolute Gasteiger partial charge is 0.493 e. The summed E-state index contributed by atoms with van der Waals surface area (Å²) in [5.74, 6) is -0.687. The zero-order valence-electron chi connectivity index (χ0n) is 9.07. The quantitative estimate of drug-likeness (QED) is 0.820. The van der Waals surface area contributed by atoms with Gasteiger partial charge in [0.15, 0.2) is 5.82 Å². The second kappa shape index (κ2) is 4.32. The van der Waals surface area contributed by atoms with Gasteiger partial charge in [-0.05, 0) is 18.6 Å². The fourth-order valence-corrected chi connectivity index (χ4v) is 1.44. The molecule has 2 aromatic heterocycles. The van der Waals surface area contributed by atoms with E-state index in [9.17, 15) is 14.3 Å². The minimum Gasteiger partial charge on any atom is -0.493 e. The Labute approximate surface area is 96.0 Å². The molecule has 0 aromatic carbocycles. The molecule has 0 atom stereocenters. The highest BCUT2D eigenvalue weighted by Crippen LogP contribution is 2.15. The molecule has 0 radical (unpaired) electrons. The summed E-state index contributed by atoms with van der Waals surface area (Å²) in [4.78, 5) is 21.7. The van der Waals surface area contributed by atoms with Crippen molar-refractivity contribution in [3.05, 3.63) is 40.1 Å². The van der Waals surface area contributed by atoms with E-state index in [2.05, 4.69) is 15.0 Å². The van der Waals surface area contributed by atoms with Gasteiger partial charge in [-0.15, -0.1) is 0 Å². The van der Waals surface area contributed by atoms with E-state index in [4.69, 9.17) is 0 Å². The minimum atomic E-state index is -0.481. The van der Waals surface area contributed by atoms with Crippen LogP contribution in [0.2, 0.25) is 0 Å². The number of nitrogens with one attached hydrogen (secondary N) is 1. The van der Waals surface area contributed by atoms with Crippen LogP contribution in [0.1, 0.15) is 12.5 Å². The number of aromatic amines is 1. The molecule has 2 heterocycles. The van der Waals surface area contributed by atoms with Crippen molar-refractivity contribution in [2.24, 2.45) is 0 Å². The molecule has 0 fully saturated rings. The van der Waals surface area contributed by atoms with Crippen LogP contribution in [0.3, 0.4) is 0 Å². The van der Waals surface area contributed by atoms with Gasteiger partial charge < -0.3 is 10.1 Å². The summed E-state index contributed by atoms with van der Waals surface area (Å²) in [6.07, 6.45) is 1.39. The van der Waals surface area contributed by atoms with Gasteiger partial charge in [0.2, 0.25) is 5.88 Å². The molecular weight excluding hydrogens is 225 g/mol. The van der Waals surface area contributed by atoms with Crippen molar-refractivity contribution in [3.8, 4) is 17.4 Å². The van der Waals surface area contributed by atoms with Crippen LogP contribution < -0.4 is 5.56 Å². The summed E-state index contributed by atoms with van der Waals surface area (Å²) in [6.45, 7) is 1.74. The van der Waals surface area contributed by atoms with Crippen LogP contribution >= 0.6 is 0 Å². The van der Waals surface area contributed by atoms with Crippen LogP contribution in [0.25, 0.3) is 11.5 Å². The molecule has 2 rings (SSSR count). The van der Waals surface area contributed by atoms with E-state index < -0.39 is 11.4 Å². The standard InChI is InChI=1S/C11H10FN3O2/c1-2-7-10(16)14-9(15-11(7)17)8-4-3-6(12)5-13-8/h3-5H,2H2,1H3,(H2,14,15,16,17). The van der Waals surface area contributed by atoms with E-state index in [1.807, 2.05) is 0 Å². The highest BCUT2D eigenvalue weighted by molar-refractivity contribution is 5.49. The first kappa shape index (κ1) is 11.3. The average molecular weight is 235 g/mol. The van der Waals surface area contributed by atoms with Crippen LogP contribution in [0.4, 0.5) is 4.39 Å². The predicted octanol–water partition coefficient (Wildman–Crippen LogP) is 1.24. The van der Waals surface area contributed by atoms with Crippen molar-refractivity contribution in [1.82, 2.24) is 15.0 Å². The molecule has 0 saturated heterocycles. The van der Waals surface area contributed by atoms with Gasteiger partial charge >= 0.3 is 0 Å². The smallest absolute Gasteiger partial charge is 0.258 e. The molecule has 0 spiro atoms. The van der Waals surface area contributed by atoms with Crippen LogP contribution in [-0.2, 0) is 6.42 Å². The topological polar surface area (TPSA) is 78.9 Å². The van der Waals surface area contributed by atoms with Crippen molar-refractivity contribution in [3.63, 3.8) is 0 Å². The van der Waals surface area contributed by atoms with Gasteiger partial charge in [-0.1, -0.05) is 6.92 Å². The summed E-state index contributed by atoms with van der Waals surface area (Å²) in [6, 6.07) is 2.58. The predicted molar refractivity (Wildman–Crippen MR) is 59.1 cm³/mol. The Morgan fingerprint density at radius 2 is 2.24 bits per heavy atom. The zero-order valence-corrected chi connectivity index (χ0v) is 9.07. The Hall–Kier alpha value is -2.24. The maximum Gasteiger partial charge on any atom is 0.258 e. The maximum atomic E-state index is 12.7. The molecule has 0 aliphatic heterocycles. The second-order valence-electron chi connectivity index (χ2n) is 3.43. The average Bonchev–Trinajstić information content (AvgIpc) is 2.29. The highest BCUT2D eigenvalue weighted by Gasteiger charge is 2.10. The van der Waals surface area contributed by atoms with Gasteiger partial charge in [0.25, 0.3) is 5.56 Å². The SMILES string of the molecule is CCc1c(O)nc(-c2ccc(F)cn2)[nH]c1=O. The minimum absolute atomic E-state index is 0.115. The summed E-state index contributed by atoms with van der Waals surface area (Å²) in [5, 5.41) is 9.56. The summed E-state index contributed by atoms with van der Waals surface area (Å²) in [7, 11) is 0. The third-order valence-electron chi connectivity index (χ3n) is 2.32. The number of rotatable bonds is 2. The first-order valence-electron chi connectivity index (χ1n) is 5.06. The number of aromatic nitrogens is 3. The Balaban J connectivity index is 2.54. The van der Waals surface area contributed by atoms with Crippen molar-refractivity contribution >= 4 is 0 Å². The lowest BCUT2D eigenvalue weighted by atomic mass is 10.2. The third kappa shape index (κ3) is 2.15. The van der Waals surface area contributed by atoms with E-state index in [1.54, 1.807) is 6.92 Å². The lowest BCUT2D eigenvalue weighted by Gasteiger charge is -2.03. The van der Waals surface area contributed by atoms with Gasteiger partial charge in [0, 0.05) is 0 Å². The first-order valence-corrected chi connectivity index (χ1v) is 5.06. The van der Waals surface area contributed by atoms with Gasteiger partial charge in [-0.2, -0.15) is 4.98 Å². The normalized spacial score (nSPS) is 10.5. The first-order chi connectivity index (χ1) is 8.11. The van der Waals surface area contributed by atoms with Crippen LogP contribution in [-0.4, -0.2) is 20.1 Å². The number of H-pyrrole nitrogens is 1. The van der Waals surface area contributed by atoms with Gasteiger partial charge in [-0.3, -0.25) is 4.79 Å². The Morgan fingerprint density at radius 3 is 2.76 bits per heavy atom. The molecule has 0 aliphatic carbocycles. The van der Waals surface area contributed by atoms with Gasteiger partial charge in [0.1, 0.15) is 11.5 Å². The fraction of sp³-hybridized carbons (Fsp3) is 0.182. The van der Waals surface area contributed by atoms with E-state index in [1.165, 1.54) is 12.1 Å². The number of nitrogens with zero attached hydrogens (tertiary/aromatic N) is 2. The number of pyridine rings is 1. The van der Waals surface area contributed by atoms with E-state index in [-0.39, 0.29) is 17.3 Å². The number of halogens is 1. The molecule has 0 bridgehead atoms. The van der Waals surface area contributed by atoms with Crippen molar-refractivity contribution in [2.45, 2.75) is 13.3 Å². The monoisotopic (exact) mass is 235 g/mol.